The lowest BCUT2D eigenvalue weighted by Gasteiger charge is -2.17. The topological polar surface area (TPSA) is 42.4 Å². The van der Waals surface area contributed by atoms with Crippen molar-refractivity contribution < 1.29 is 9.84 Å². The molecule has 3 rings (SSSR count). The first-order valence-corrected chi connectivity index (χ1v) is 6.11. The van der Waals surface area contributed by atoms with Crippen molar-refractivity contribution in [1.29, 1.82) is 0 Å². The molecular weight excluding hydrogens is 222 g/mol. The summed E-state index contributed by atoms with van der Waals surface area (Å²) >= 11 is 1.45. The van der Waals surface area contributed by atoms with Gasteiger partial charge >= 0.3 is 0 Å². The minimum atomic E-state index is 0.0916. The minimum absolute atomic E-state index is 0.0916. The van der Waals surface area contributed by atoms with Crippen molar-refractivity contribution in [2.45, 2.75) is 12.8 Å². The molecule has 0 amide bonds. The van der Waals surface area contributed by atoms with Crippen LogP contribution in [-0.4, -0.2) is 16.7 Å². The van der Waals surface area contributed by atoms with Gasteiger partial charge in [0.25, 0.3) is 0 Å². The fraction of sp³-hybridized carbons (Fsp3) is 0.250. The molecule has 16 heavy (non-hydrogen) atoms. The number of ether oxygens (including phenoxy) is 1. The Morgan fingerprint density at radius 2 is 2.31 bits per heavy atom. The highest BCUT2D eigenvalue weighted by Gasteiger charge is 2.12. The van der Waals surface area contributed by atoms with Gasteiger partial charge in [-0.1, -0.05) is 0 Å². The van der Waals surface area contributed by atoms with E-state index in [2.05, 4.69) is 11.1 Å². The third kappa shape index (κ3) is 1.65. The van der Waals surface area contributed by atoms with Gasteiger partial charge in [0.15, 0.2) is 0 Å². The summed E-state index contributed by atoms with van der Waals surface area (Å²) in [6, 6.07) is 6.08. The van der Waals surface area contributed by atoms with Crippen LogP contribution in [0, 0.1) is 0 Å². The Morgan fingerprint density at radius 3 is 3.12 bits per heavy atom. The molecule has 1 aromatic heterocycles. The van der Waals surface area contributed by atoms with E-state index >= 15 is 0 Å². The fourth-order valence-corrected chi connectivity index (χ4v) is 2.57. The van der Waals surface area contributed by atoms with Gasteiger partial charge in [-0.25, -0.2) is 4.98 Å². The average Bonchev–Trinajstić information content (AvgIpc) is 2.75. The molecule has 82 valence electrons. The van der Waals surface area contributed by atoms with Crippen molar-refractivity contribution >= 4 is 11.3 Å². The number of nitrogens with zero attached hydrogens (tertiary/aromatic N) is 1. The first-order chi connectivity index (χ1) is 7.83. The summed E-state index contributed by atoms with van der Waals surface area (Å²) in [5, 5.41) is 11.7. The van der Waals surface area contributed by atoms with Crippen molar-refractivity contribution in [2.24, 2.45) is 0 Å². The normalized spacial score (nSPS) is 14.2. The number of fused-ring (bicyclic) bond motifs is 1. The first kappa shape index (κ1) is 9.66. The van der Waals surface area contributed by atoms with Crippen LogP contribution in [0.25, 0.3) is 10.6 Å². The molecule has 3 nitrogen and oxygen atoms in total. The lowest BCUT2D eigenvalue weighted by molar-refractivity contribution is 0.288. The lowest BCUT2D eigenvalue weighted by Crippen LogP contribution is -2.07. The molecule has 2 aromatic rings. The summed E-state index contributed by atoms with van der Waals surface area (Å²) in [5.74, 6) is 1.07. The van der Waals surface area contributed by atoms with E-state index < -0.39 is 0 Å². The molecule has 0 fully saturated rings. The monoisotopic (exact) mass is 233 g/mol. The van der Waals surface area contributed by atoms with Crippen LogP contribution in [0.2, 0.25) is 0 Å². The Morgan fingerprint density at radius 1 is 1.38 bits per heavy atom. The molecule has 0 spiro atoms. The molecule has 0 radical (unpaired) electrons. The molecule has 0 unspecified atom stereocenters. The van der Waals surface area contributed by atoms with Crippen molar-refractivity contribution in [2.75, 3.05) is 6.61 Å². The molecule has 1 aromatic carbocycles. The van der Waals surface area contributed by atoms with E-state index in [-0.39, 0.29) is 5.88 Å². The zero-order valence-corrected chi connectivity index (χ0v) is 9.46. The number of aromatic hydroxyl groups is 1. The van der Waals surface area contributed by atoms with Gasteiger partial charge in [-0.3, -0.25) is 0 Å². The Bertz CT molecular complexity index is 521. The SMILES string of the molecule is Oc1csc(-c2ccc3c(c2)CCCO3)n1. The Hall–Kier alpha value is -1.55. The predicted octanol–water partition coefficient (Wildman–Crippen LogP) is 2.84. The van der Waals surface area contributed by atoms with Crippen molar-refractivity contribution in [3.05, 3.63) is 29.1 Å². The Balaban J connectivity index is 2.02. The zero-order valence-electron chi connectivity index (χ0n) is 8.64. The quantitative estimate of drug-likeness (QED) is 0.823. The highest BCUT2D eigenvalue weighted by molar-refractivity contribution is 7.13. The summed E-state index contributed by atoms with van der Waals surface area (Å²) in [7, 11) is 0. The van der Waals surface area contributed by atoms with E-state index in [1.807, 2.05) is 12.1 Å². The summed E-state index contributed by atoms with van der Waals surface area (Å²) < 4.78 is 5.55. The second-order valence-electron chi connectivity index (χ2n) is 3.79. The lowest BCUT2D eigenvalue weighted by atomic mass is 10.0. The minimum Gasteiger partial charge on any atom is -0.493 e. The molecule has 1 aliphatic rings. The molecule has 0 saturated heterocycles. The molecule has 0 bridgehead atoms. The molecular formula is C12H11NO2S. The van der Waals surface area contributed by atoms with E-state index in [4.69, 9.17) is 4.74 Å². The summed E-state index contributed by atoms with van der Waals surface area (Å²) in [6.45, 7) is 0.810. The highest BCUT2D eigenvalue weighted by atomic mass is 32.1. The van der Waals surface area contributed by atoms with Gasteiger partial charge in [0.2, 0.25) is 5.88 Å². The van der Waals surface area contributed by atoms with Crippen LogP contribution in [0.4, 0.5) is 0 Å². The standard InChI is InChI=1S/C12H11NO2S/c14-11-7-16-12(13-11)9-3-4-10-8(6-9)2-1-5-15-10/h3-4,6-7,14H,1-2,5H2. The van der Waals surface area contributed by atoms with E-state index in [0.29, 0.717) is 0 Å². The number of hydrogen-bond acceptors (Lipinski definition) is 4. The first-order valence-electron chi connectivity index (χ1n) is 5.23. The Kier molecular flexibility index (Phi) is 2.29. The Labute approximate surface area is 97.3 Å². The third-order valence-electron chi connectivity index (χ3n) is 2.65. The van der Waals surface area contributed by atoms with Crippen LogP contribution in [0.3, 0.4) is 0 Å². The van der Waals surface area contributed by atoms with Gasteiger partial charge in [-0.2, -0.15) is 0 Å². The average molecular weight is 233 g/mol. The number of benzene rings is 1. The fourth-order valence-electron chi connectivity index (χ4n) is 1.89. The summed E-state index contributed by atoms with van der Waals surface area (Å²) in [6.07, 6.45) is 2.13. The second-order valence-corrected chi connectivity index (χ2v) is 4.64. The largest absolute Gasteiger partial charge is 0.493 e. The van der Waals surface area contributed by atoms with Gasteiger partial charge < -0.3 is 9.84 Å². The summed E-state index contributed by atoms with van der Waals surface area (Å²) in [4.78, 5) is 4.06. The number of aromatic nitrogens is 1. The van der Waals surface area contributed by atoms with Crippen LogP contribution in [0.15, 0.2) is 23.6 Å². The van der Waals surface area contributed by atoms with Gasteiger partial charge in [0.05, 0.1) is 12.0 Å². The van der Waals surface area contributed by atoms with Crippen molar-refractivity contribution in [1.82, 2.24) is 4.98 Å². The van der Waals surface area contributed by atoms with Gasteiger partial charge in [-0.05, 0) is 36.6 Å². The molecule has 2 heterocycles. The second kappa shape index (κ2) is 3.79. The predicted molar refractivity (Wildman–Crippen MR) is 63.0 cm³/mol. The molecule has 4 heteroatoms. The third-order valence-corrected chi connectivity index (χ3v) is 3.53. The van der Waals surface area contributed by atoms with E-state index in [0.717, 1.165) is 35.8 Å². The van der Waals surface area contributed by atoms with Crippen molar-refractivity contribution in [3.63, 3.8) is 0 Å². The van der Waals surface area contributed by atoms with Crippen molar-refractivity contribution in [3.8, 4) is 22.2 Å². The number of thiazole rings is 1. The zero-order chi connectivity index (χ0) is 11.0. The van der Waals surface area contributed by atoms with Crippen LogP contribution < -0.4 is 4.74 Å². The van der Waals surface area contributed by atoms with Gasteiger partial charge in [0.1, 0.15) is 10.8 Å². The van der Waals surface area contributed by atoms with E-state index in [1.54, 1.807) is 5.38 Å². The molecule has 0 saturated carbocycles. The van der Waals surface area contributed by atoms with Crippen LogP contribution >= 0.6 is 11.3 Å². The van der Waals surface area contributed by atoms with Crippen LogP contribution in [0.5, 0.6) is 11.6 Å². The van der Waals surface area contributed by atoms with Crippen LogP contribution in [0.1, 0.15) is 12.0 Å². The smallest absolute Gasteiger partial charge is 0.222 e. The van der Waals surface area contributed by atoms with E-state index in [9.17, 15) is 5.11 Å². The molecule has 1 aliphatic heterocycles. The maximum atomic E-state index is 9.23. The number of aryl methyl sites for hydroxylation is 1. The van der Waals surface area contributed by atoms with Gasteiger partial charge in [0, 0.05) is 5.56 Å². The van der Waals surface area contributed by atoms with E-state index in [1.165, 1.54) is 16.9 Å². The summed E-state index contributed by atoms with van der Waals surface area (Å²) in [5.41, 5.74) is 2.29. The molecule has 1 N–H and O–H groups in total. The number of rotatable bonds is 1. The van der Waals surface area contributed by atoms with Crippen LogP contribution in [-0.2, 0) is 6.42 Å². The maximum absolute atomic E-state index is 9.23. The maximum Gasteiger partial charge on any atom is 0.222 e. The molecule has 0 atom stereocenters. The van der Waals surface area contributed by atoms with Gasteiger partial charge in [-0.15, -0.1) is 11.3 Å². The number of hydrogen-bond donors (Lipinski definition) is 1. The highest BCUT2D eigenvalue weighted by Crippen LogP contribution is 2.32. The molecule has 0 aliphatic carbocycles.